The van der Waals surface area contributed by atoms with Crippen molar-refractivity contribution in [1.82, 2.24) is 0 Å². The van der Waals surface area contributed by atoms with Gasteiger partial charge in [0.15, 0.2) is 6.10 Å². The highest BCUT2D eigenvalue weighted by molar-refractivity contribution is 5.71. The lowest BCUT2D eigenvalue weighted by molar-refractivity contribution is -0.167. The summed E-state index contributed by atoms with van der Waals surface area (Å²) >= 11 is 0. The molecular formula is C57H108O6. The van der Waals surface area contributed by atoms with Crippen molar-refractivity contribution in [3.8, 4) is 0 Å². The first-order chi connectivity index (χ1) is 31.0. The number of hydrogen-bond donors (Lipinski definition) is 0. The molecule has 0 fully saturated rings. The first-order valence-corrected chi connectivity index (χ1v) is 28.2. The van der Waals surface area contributed by atoms with Crippen LogP contribution in [-0.4, -0.2) is 37.2 Å². The fraction of sp³-hybridized carbons (Fsp3) is 0.912. The lowest BCUT2D eigenvalue weighted by Gasteiger charge is -2.18. The Labute approximate surface area is 392 Å². The van der Waals surface area contributed by atoms with E-state index in [9.17, 15) is 14.4 Å². The van der Waals surface area contributed by atoms with E-state index in [1.54, 1.807) is 0 Å². The van der Waals surface area contributed by atoms with Crippen molar-refractivity contribution >= 4 is 17.9 Å². The zero-order valence-electron chi connectivity index (χ0n) is 42.6. The lowest BCUT2D eigenvalue weighted by Crippen LogP contribution is -2.30. The van der Waals surface area contributed by atoms with E-state index in [4.69, 9.17) is 14.2 Å². The van der Waals surface area contributed by atoms with Gasteiger partial charge in [-0.05, 0) is 44.9 Å². The van der Waals surface area contributed by atoms with E-state index in [2.05, 4.69) is 32.9 Å². The van der Waals surface area contributed by atoms with Crippen molar-refractivity contribution in [1.29, 1.82) is 0 Å². The molecular weight excluding hydrogens is 781 g/mol. The normalized spacial score (nSPS) is 11.6. The third kappa shape index (κ3) is 51.0. The van der Waals surface area contributed by atoms with Gasteiger partial charge in [-0.2, -0.15) is 0 Å². The van der Waals surface area contributed by atoms with Crippen molar-refractivity contribution in [2.24, 2.45) is 0 Å². The third-order valence-electron chi connectivity index (χ3n) is 12.8. The molecule has 0 unspecified atom stereocenters. The molecule has 0 aliphatic heterocycles. The van der Waals surface area contributed by atoms with Gasteiger partial charge < -0.3 is 14.2 Å². The third-order valence-corrected chi connectivity index (χ3v) is 12.8. The molecule has 0 aliphatic rings. The van der Waals surface area contributed by atoms with Gasteiger partial charge in [-0.3, -0.25) is 14.4 Å². The Morgan fingerprint density at radius 2 is 0.524 bits per heavy atom. The Kier molecular flexibility index (Phi) is 51.2. The minimum Gasteiger partial charge on any atom is -0.462 e. The first kappa shape index (κ1) is 61.1. The fourth-order valence-electron chi connectivity index (χ4n) is 8.50. The minimum atomic E-state index is -0.764. The van der Waals surface area contributed by atoms with Gasteiger partial charge in [0.1, 0.15) is 13.2 Å². The van der Waals surface area contributed by atoms with Crippen LogP contribution in [0.4, 0.5) is 0 Å². The largest absolute Gasteiger partial charge is 0.462 e. The summed E-state index contributed by atoms with van der Waals surface area (Å²) in [5.41, 5.74) is 0. The number of esters is 3. The second-order valence-corrected chi connectivity index (χ2v) is 19.2. The number of hydrogen-bond acceptors (Lipinski definition) is 6. The van der Waals surface area contributed by atoms with Crippen LogP contribution in [0.5, 0.6) is 0 Å². The van der Waals surface area contributed by atoms with Gasteiger partial charge in [-0.15, -0.1) is 0 Å². The summed E-state index contributed by atoms with van der Waals surface area (Å²) < 4.78 is 16.9. The van der Waals surface area contributed by atoms with Crippen LogP contribution in [0.2, 0.25) is 0 Å². The Morgan fingerprint density at radius 3 is 0.794 bits per heavy atom. The standard InChI is InChI=1S/C57H108O6/c1-4-7-10-13-16-19-22-25-26-27-28-29-30-33-36-39-42-45-48-51-57(60)63-54(52-61-55(58)49-46-43-40-37-34-31-23-20-17-14-11-8-5-2)53-62-56(59)50-47-44-41-38-35-32-24-21-18-15-12-9-6-3/h25-26,54H,4-24,27-53H2,1-3H3/b26-25-. The highest BCUT2D eigenvalue weighted by Gasteiger charge is 2.19. The molecule has 6 heteroatoms. The maximum atomic E-state index is 12.8. The molecule has 0 saturated heterocycles. The van der Waals surface area contributed by atoms with Crippen LogP contribution < -0.4 is 0 Å². The van der Waals surface area contributed by atoms with Gasteiger partial charge >= 0.3 is 17.9 Å². The zero-order valence-corrected chi connectivity index (χ0v) is 42.6. The molecule has 0 aliphatic carbocycles. The monoisotopic (exact) mass is 889 g/mol. The lowest BCUT2D eigenvalue weighted by atomic mass is 10.0. The topological polar surface area (TPSA) is 78.9 Å². The Hall–Kier alpha value is -1.85. The van der Waals surface area contributed by atoms with E-state index in [1.807, 2.05) is 0 Å². The summed E-state index contributed by atoms with van der Waals surface area (Å²) in [6, 6.07) is 0. The van der Waals surface area contributed by atoms with Crippen LogP contribution in [-0.2, 0) is 28.6 Å². The highest BCUT2D eigenvalue weighted by atomic mass is 16.6. The van der Waals surface area contributed by atoms with E-state index >= 15 is 0 Å². The SMILES string of the molecule is CCCCCCCC/C=C\CCCCCCCCCCCC(=O)OC(COC(=O)CCCCCCCCCCCCCCC)COC(=O)CCCCCCCCCCCCCCC. The fourth-order valence-corrected chi connectivity index (χ4v) is 8.50. The highest BCUT2D eigenvalue weighted by Crippen LogP contribution is 2.17. The van der Waals surface area contributed by atoms with Crippen LogP contribution in [0.25, 0.3) is 0 Å². The number of ether oxygens (including phenoxy) is 3. The number of carbonyl (C=O) groups excluding carboxylic acids is 3. The summed E-state index contributed by atoms with van der Waals surface area (Å²) in [6.45, 7) is 6.68. The molecule has 0 rings (SSSR count). The van der Waals surface area contributed by atoms with E-state index in [0.29, 0.717) is 19.3 Å². The van der Waals surface area contributed by atoms with Crippen LogP contribution in [0, 0.1) is 0 Å². The molecule has 63 heavy (non-hydrogen) atoms. The number of allylic oxidation sites excluding steroid dienone is 2. The molecule has 0 aromatic carbocycles. The minimum absolute atomic E-state index is 0.0650. The van der Waals surface area contributed by atoms with Gasteiger partial charge in [-0.25, -0.2) is 0 Å². The average Bonchev–Trinajstić information content (AvgIpc) is 3.28. The molecule has 0 atom stereocenters. The van der Waals surface area contributed by atoms with Crippen molar-refractivity contribution in [2.45, 2.75) is 322 Å². The predicted molar refractivity (Wildman–Crippen MR) is 270 cm³/mol. The van der Waals surface area contributed by atoms with E-state index in [0.717, 1.165) is 57.8 Å². The van der Waals surface area contributed by atoms with Crippen molar-refractivity contribution in [3.63, 3.8) is 0 Å². The zero-order chi connectivity index (χ0) is 45.8. The molecule has 0 radical (unpaired) electrons. The van der Waals surface area contributed by atoms with Gasteiger partial charge in [0, 0.05) is 19.3 Å². The van der Waals surface area contributed by atoms with E-state index in [1.165, 1.54) is 218 Å². The first-order valence-electron chi connectivity index (χ1n) is 28.2. The Balaban J connectivity index is 4.30. The molecule has 0 bridgehead atoms. The van der Waals surface area contributed by atoms with Crippen LogP contribution >= 0.6 is 0 Å². The number of rotatable bonds is 52. The van der Waals surface area contributed by atoms with Gasteiger partial charge in [0.05, 0.1) is 0 Å². The maximum Gasteiger partial charge on any atom is 0.306 e. The van der Waals surface area contributed by atoms with Crippen LogP contribution in [0.3, 0.4) is 0 Å². The van der Waals surface area contributed by atoms with E-state index in [-0.39, 0.29) is 31.1 Å². The maximum absolute atomic E-state index is 12.8. The van der Waals surface area contributed by atoms with Gasteiger partial charge in [0.2, 0.25) is 0 Å². The Bertz CT molecular complexity index is 932. The molecule has 0 spiro atoms. The molecule has 0 aromatic rings. The van der Waals surface area contributed by atoms with Crippen LogP contribution in [0.1, 0.15) is 316 Å². The molecule has 372 valence electrons. The second-order valence-electron chi connectivity index (χ2n) is 19.2. The number of unbranched alkanes of at least 4 members (excludes halogenated alkanes) is 39. The van der Waals surface area contributed by atoms with E-state index < -0.39 is 6.10 Å². The summed E-state index contributed by atoms with van der Waals surface area (Å²) in [7, 11) is 0. The summed E-state index contributed by atoms with van der Waals surface area (Å²) in [5.74, 6) is -0.845. The summed E-state index contributed by atoms with van der Waals surface area (Å²) in [4.78, 5) is 38.1. The van der Waals surface area contributed by atoms with Crippen molar-refractivity contribution in [2.75, 3.05) is 13.2 Å². The Morgan fingerprint density at radius 1 is 0.302 bits per heavy atom. The molecule has 6 nitrogen and oxygen atoms in total. The van der Waals surface area contributed by atoms with Crippen molar-refractivity contribution in [3.05, 3.63) is 12.2 Å². The molecule has 0 amide bonds. The molecule has 0 aromatic heterocycles. The molecule has 0 saturated carbocycles. The number of carbonyl (C=O) groups is 3. The summed E-state index contributed by atoms with van der Waals surface area (Å²) in [5, 5.41) is 0. The predicted octanol–water partition coefficient (Wildman–Crippen LogP) is 18.5. The quantitative estimate of drug-likeness (QED) is 0.0262. The van der Waals surface area contributed by atoms with Crippen molar-refractivity contribution < 1.29 is 28.6 Å². The van der Waals surface area contributed by atoms with Gasteiger partial charge in [0.25, 0.3) is 0 Å². The average molecular weight is 889 g/mol. The van der Waals surface area contributed by atoms with Crippen LogP contribution in [0.15, 0.2) is 12.2 Å². The summed E-state index contributed by atoms with van der Waals surface area (Å²) in [6.07, 6.45) is 59.1. The van der Waals surface area contributed by atoms with Gasteiger partial charge in [-0.1, -0.05) is 264 Å². The molecule has 0 heterocycles. The molecule has 0 N–H and O–H groups in total. The smallest absolute Gasteiger partial charge is 0.306 e. The second kappa shape index (κ2) is 52.8.